The van der Waals surface area contributed by atoms with Crippen molar-refractivity contribution in [3.8, 4) is 44.5 Å². The molecule has 1 heterocycles. The Morgan fingerprint density at radius 2 is 0.828 bits per heavy atom. The molecular weight excluding hydrogens is 719 g/mol. The van der Waals surface area contributed by atoms with Crippen molar-refractivity contribution in [1.82, 2.24) is 0 Å². The molecule has 0 N–H and O–H groups in total. The van der Waals surface area contributed by atoms with Crippen molar-refractivity contribution in [2.45, 2.75) is 0 Å². The summed E-state index contributed by atoms with van der Waals surface area (Å²) in [6.07, 6.45) is 0. The Labute approximate surface area is 342 Å². The third-order valence-corrected chi connectivity index (χ3v) is 12.6. The molecule has 0 bridgehead atoms. The average molecular weight is 756 g/mol. The van der Waals surface area contributed by atoms with Gasteiger partial charge in [-0.25, -0.2) is 0 Å². The van der Waals surface area contributed by atoms with Crippen LogP contribution in [0.5, 0.6) is 0 Å². The van der Waals surface area contributed by atoms with Crippen molar-refractivity contribution < 1.29 is 0 Å². The second-order valence-corrected chi connectivity index (χ2v) is 15.9. The van der Waals surface area contributed by atoms with Crippen LogP contribution in [0.4, 0.5) is 17.1 Å². The van der Waals surface area contributed by atoms with E-state index in [-0.39, 0.29) is 0 Å². The lowest BCUT2D eigenvalue weighted by molar-refractivity contribution is 1.29. The molecule has 58 heavy (non-hydrogen) atoms. The van der Waals surface area contributed by atoms with Crippen LogP contribution in [0, 0.1) is 0 Å². The maximum Gasteiger partial charge on any atom is 0.0540 e. The van der Waals surface area contributed by atoms with E-state index >= 15 is 0 Å². The van der Waals surface area contributed by atoms with Crippen LogP contribution in [0.2, 0.25) is 0 Å². The number of para-hydroxylation sites is 1. The standard InChI is InChI=1S/C56H37NS/c1-2-14-39(15-3-1)46-18-6-7-19-48(46)49-20-8-9-21-50(49)51-22-10-12-24-54(51)57(44-33-35-56-53(37-44)52-23-11-13-25-55(52)58-56)43-31-28-38(29-32-43)41-30-34-47-42(36-41)27-26-40-16-4-5-17-45(40)47/h1-37H. The Kier molecular flexibility index (Phi) is 8.42. The van der Waals surface area contributed by atoms with Crippen molar-refractivity contribution in [3.63, 3.8) is 0 Å². The Morgan fingerprint density at radius 3 is 1.64 bits per heavy atom. The molecular formula is C56H37NS. The lowest BCUT2D eigenvalue weighted by Gasteiger charge is -2.29. The molecule has 0 amide bonds. The van der Waals surface area contributed by atoms with Crippen molar-refractivity contribution in [3.05, 3.63) is 224 Å². The second kappa shape index (κ2) is 14.4. The summed E-state index contributed by atoms with van der Waals surface area (Å²) in [5.74, 6) is 0. The van der Waals surface area contributed by atoms with Crippen molar-refractivity contribution >= 4 is 70.1 Å². The summed E-state index contributed by atoms with van der Waals surface area (Å²) in [6, 6.07) is 82.0. The van der Waals surface area contributed by atoms with Crippen LogP contribution in [0.15, 0.2) is 224 Å². The fraction of sp³-hybridized carbons (Fsp3) is 0. The van der Waals surface area contributed by atoms with Gasteiger partial charge in [-0.15, -0.1) is 11.3 Å². The van der Waals surface area contributed by atoms with E-state index in [1.54, 1.807) is 0 Å². The molecule has 0 unspecified atom stereocenters. The molecule has 0 radical (unpaired) electrons. The van der Waals surface area contributed by atoms with Gasteiger partial charge in [0, 0.05) is 37.1 Å². The topological polar surface area (TPSA) is 3.24 Å². The average Bonchev–Trinajstić information content (AvgIpc) is 3.68. The molecule has 0 fully saturated rings. The maximum absolute atomic E-state index is 2.44. The summed E-state index contributed by atoms with van der Waals surface area (Å²) >= 11 is 1.85. The van der Waals surface area contributed by atoms with Gasteiger partial charge in [0.1, 0.15) is 0 Å². The zero-order chi connectivity index (χ0) is 38.4. The number of hydrogen-bond donors (Lipinski definition) is 0. The van der Waals surface area contributed by atoms with Gasteiger partial charge in [-0.1, -0.05) is 176 Å². The fourth-order valence-corrected chi connectivity index (χ4v) is 9.80. The monoisotopic (exact) mass is 755 g/mol. The Bertz CT molecular complexity index is 3290. The number of thiophene rings is 1. The predicted octanol–water partition coefficient (Wildman–Crippen LogP) is 16.5. The minimum Gasteiger partial charge on any atom is -0.310 e. The predicted molar refractivity (Wildman–Crippen MR) is 251 cm³/mol. The van der Waals surface area contributed by atoms with Crippen LogP contribution in [0.25, 0.3) is 86.2 Å². The molecule has 2 heteroatoms. The largest absolute Gasteiger partial charge is 0.310 e. The Morgan fingerprint density at radius 1 is 0.276 bits per heavy atom. The molecule has 1 aromatic heterocycles. The first-order valence-electron chi connectivity index (χ1n) is 19.8. The van der Waals surface area contributed by atoms with Crippen molar-refractivity contribution in [2.75, 3.05) is 4.90 Å². The van der Waals surface area contributed by atoms with E-state index in [2.05, 4.69) is 229 Å². The molecule has 272 valence electrons. The van der Waals surface area contributed by atoms with Crippen LogP contribution in [-0.2, 0) is 0 Å². The quantitative estimate of drug-likeness (QED) is 0.146. The minimum absolute atomic E-state index is 1.10. The third-order valence-electron chi connectivity index (χ3n) is 11.5. The Hall–Kier alpha value is -7.26. The number of anilines is 3. The Balaban J connectivity index is 1.07. The number of nitrogens with zero attached hydrogens (tertiary/aromatic N) is 1. The highest BCUT2D eigenvalue weighted by Crippen LogP contribution is 2.47. The van der Waals surface area contributed by atoms with Gasteiger partial charge in [-0.2, -0.15) is 0 Å². The number of hydrogen-bond acceptors (Lipinski definition) is 2. The van der Waals surface area contributed by atoms with Crippen LogP contribution in [0.1, 0.15) is 0 Å². The molecule has 0 aliphatic heterocycles. The molecule has 0 aliphatic rings. The van der Waals surface area contributed by atoms with Crippen molar-refractivity contribution in [2.24, 2.45) is 0 Å². The normalized spacial score (nSPS) is 11.4. The molecule has 0 aliphatic carbocycles. The van der Waals surface area contributed by atoms with Gasteiger partial charge in [0.15, 0.2) is 0 Å². The van der Waals surface area contributed by atoms with Crippen LogP contribution >= 0.6 is 11.3 Å². The van der Waals surface area contributed by atoms with E-state index < -0.39 is 0 Å². The fourth-order valence-electron chi connectivity index (χ4n) is 8.71. The van der Waals surface area contributed by atoms with Crippen molar-refractivity contribution in [1.29, 1.82) is 0 Å². The SMILES string of the molecule is c1ccc(-c2ccccc2-c2ccccc2-c2ccccc2N(c2ccc(-c3ccc4c(ccc5ccccc54)c3)cc2)c2ccc3sc4ccccc4c3c2)cc1. The first kappa shape index (κ1) is 34.0. The summed E-state index contributed by atoms with van der Waals surface area (Å²) in [6.45, 7) is 0. The molecule has 11 rings (SSSR count). The smallest absolute Gasteiger partial charge is 0.0540 e. The number of benzene rings is 10. The summed E-state index contributed by atoms with van der Waals surface area (Å²) in [7, 11) is 0. The first-order chi connectivity index (χ1) is 28.8. The van der Waals surface area contributed by atoms with E-state index in [9.17, 15) is 0 Å². The van der Waals surface area contributed by atoms with Gasteiger partial charge in [-0.3, -0.25) is 0 Å². The molecule has 10 aromatic carbocycles. The zero-order valence-corrected chi connectivity index (χ0v) is 32.5. The van der Waals surface area contributed by atoms with E-state index in [1.165, 1.54) is 86.2 Å². The third kappa shape index (κ3) is 5.94. The lowest BCUT2D eigenvalue weighted by Crippen LogP contribution is -2.11. The number of rotatable bonds is 7. The highest BCUT2D eigenvalue weighted by atomic mass is 32.1. The van der Waals surface area contributed by atoms with Gasteiger partial charge in [0.2, 0.25) is 0 Å². The summed E-state index contributed by atoms with van der Waals surface area (Å²) in [4.78, 5) is 2.44. The lowest BCUT2D eigenvalue weighted by atomic mass is 9.88. The molecule has 0 saturated heterocycles. The van der Waals surface area contributed by atoms with E-state index in [0.29, 0.717) is 0 Å². The van der Waals surface area contributed by atoms with E-state index in [0.717, 1.165) is 17.1 Å². The summed E-state index contributed by atoms with van der Waals surface area (Å²) in [5.41, 5.74) is 12.9. The molecule has 0 saturated carbocycles. The minimum atomic E-state index is 1.10. The highest BCUT2D eigenvalue weighted by molar-refractivity contribution is 7.25. The molecule has 0 spiro atoms. The van der Waals surface area contributed by atoms with Gasteiger partial charge < -0.3 is 4.90 Å². The maximum atomic E-state index is 2.44. The summed E-state index contributed by atoms with van der Waals surface area (Å²) < 4.78 is 2.60. The highest BCUT2D eigenvalue weighted by Gasteiger charge is 2.21. The van der Waals surface area contributed by atoms with Crippen LogP contribution in [0.3, 0.4) is 0 Å². The summed E-state index contributed by atoms with van der Waals surface area (Å²) in [5, 5.41) is 7.66. The van der Waals surface area contributed by atoms with E-state index in [4.69, 9.17) is 0 Å². The molecule has 0 atom stereocenters. The van der Waals surface area contributed by atoms with E-state index in [1.807, 2.05) is 11.3 Å². The van der Waals surface area contributed by atoms with Crippen LogP contribution < -0.4 is 4.90 Å². The van der Waals surface area contributed by atoms with Gasteiger partial charge in [0.25, 0.3) is 0 Å². The second-order valence-electron chi connectivity index (χ2n) is 14.9. The first-order valence-corrected chi connectivity index (χ1v) is 20.7. The number of fused-ring (bicyclic) bond motifs is 6. The van der Waals surface area contributed by atoms with Gasteiger partial charge >= 0.3 is 0 Å². The molecule has 11 aromatic rings. The van der Waals surface area contributed by atoms with Gasteiger partial charge in [0.05, 0.1) is 5.69 Å². The van der Waals surface area contributed by atoms with Crippen LogP contribution in [-0.4, -0.2) is 0 Å². The van der Waals surface area contributed by atoms with Gasteiger partial charge in [-0.05, 0) is 109 Å². The molecule has 1 nitrogen and oxygen atoms in total. The zero-order valence-electron chi connectivity index (χ0n) is 31.7.